The van der Waals surface area contributed by atoms with Gasteiger partial charge in [0.1, 0.15) is 0 Å². The van der Waals surface area contributed by atoms with Crippen molar-refractivity contribution in [2.24, 2.45) is 5.92 Å². The van der Waals surface area contributed by atoms with Gasteiger partial charge in [-0.2, -0.15) is 0 Å². The first-order valence-electron chi connectivity index (χ1n) is 7.69. The van der Waals surface area contributed by atoms with Crippen LogP contribution in [0.1, 0.15) is 31.9 Å². The molecule has 1 aliphatic rings. The summed E-state index contributed by atoms with van der Waals surface area (Å²) in [4.78, 5) is 17.5. The molecule has 21 heavy (non-hydrogen) atoms. The van der Waals surface area contributed by atoms with Gasteiger partial charge in [-0.3, -0.25) is 10.1 Å². The van der Waals surface area contributed by atoms with E-state index in [-0.39, 0.29) is 10.6 Å². The van der Waals surface area contributed by atoms with Crippen molar-refractivity contribution in [1.82, 2.24) is 10.3 Å². The number of nitrogens with one attached hydrogen (secondary N) is 1. The summed E-state index contributed by atoms with van der Waals surface area (Å²) in [5.74, 6) is 1.11. The van der Waals surface area contributed by atoms with Gasteiger partial charge in [0.05, 0.1) is 4.92 Å². The molecule has 0 bridgehead atoms. The first kappa shape index (κ1) is 15.7. The Labute approximate surface area is 125 Å². The van der Waals surface area contributed by atoms with Gasteiger partial charge in [0.15, 0.2) is 0 Å². The van der Waals surface area contributed by atoms with Gasteiger partial charge in [-0.05, 0) is 51.3 Å². The summed E-state index contributed by atoms with van der Waals surface area (Å²) >= 11 is 0. The van der Waals surface area contributed by atoms with Gasteiger partial charge < -0.3 is 10.2 Å². The molecule has 0 unspecified atom stereocenters. The number of hydrogen-bond donors (Lipinski definition) is 1. The van der Waals surface area contributed by atoms with Crippen LogP contribution in [0.15, 0.2) is 12.1 Å². The molecule has 1 saturated heterocycles. The third-order valence-electron chi connectivity index (χ3n) is 3.92. The molecule has 116 valence electrons. The van der Waals surface area contributed by atoms with Gasteiger partial charge in [0.25, 0.3) is 0 Å². The van der Waals surface area contributed by atoms with E-state index in [4.69, 9.17) is 0 Å². The lowest BCUT2D eigenvalue weighted by molar-refractivity contribution is -0.384. The van der Waals surface area contributed by atoms with E-state index >= 15 is 0 Å². The molecule has 1 aliphatic heterocycles. The van der Waals surface area contributed by atoms with E-state index in [2.05, 4.69) is 22.1 Å². The van der Waals surface area contributed by atoms with Gasteiger partial charge in [0, 0.05) is 24.8 Å². The second-order valence-electron chi connectivity index (χ2n) is 5.69. The fourth-order valence-corrected chi connectivity index (χ4v) is 2.84. The molecule has 0 saturated carbocycles. The standard InChI is InChI=1S/C15H24N4O2/c1-3-10-18(11-13-6-8-16-9-7-13)15-14(19(20)21)5-4-12(2)17-15/h4-5,13,16H,3,6-11H2,1-2H3. The van der Waals surface area contributed by atoms with E-state index in [9.17, 15) is 10.1 Å². The number of aromatic nitrogens is 1. The number of pyridine rings is 1. The minimum atomic E-state index is -0.327. The monoisotopic (exact) mass is 292 g/mol. The van der Waals surface area contributed by atoms with E-state index in [0.717, 1.165) is 51.1 Å². The van der Waals surface area contributed by atoms with Crippen LogP contribution in [0, 0.1) is 23.0 Å². The molecule has 0 aliphatic carbocycles. The Hall–Kier alpha value is -1.69. The van der Waals surface area contributed by atoms with Crippen LogP contribution in [0.4, 0.5) is 11.5 Å². The van der Waals surface area contributed by atoms with Crippen molar-refractivity contribution in [3.63, 3.8) is 0 Å². The van der Waals surface area contributed by atoms with Crippen LogP contribution < -0.4 is 10.2 Å². The predicted molar refractivity (Wildman–Crippen MR) is 83.7 cm³/mol. The van der Waals surface area contributed by atoms with Crippen molar-refractivity contribution in [2.45, 2.75) is 33.1 Å². The van der Waals surface area contributed by atoms with Gasteiger partial charge in [-0.25, -0.2) is 4.98 Å². The third-order valence-corrected chi connectivity index (χ3v) is 3.92. The molecule has 1 fully saturated rings. The second-order valence-corrected chi connectivity index (χ2v) is 5.69. The molecule has 0 radical (unpaired) electrons. The molecular formula is C15H24N4O2. The van der Waals surface area contributed by atoms with Crippen LogP contribution >= 0.6 is 0 Å². The maximum absolute atomic E-state index is 11.3. The lowest BCUT2D eigenvalue weighted by Crippen LogP contribution is -2.37. The largest absolute Gasteiger partial charge is 0.351 e. The number of nitro groups is 1. The molecule has 1 aromatic rings. The maximum atomic E-state index is 11.3. The van der Waals surface area contributed by atoms with Gasteiger partial charge in [-0.1, -0.05) is 6.92 Å². The molecule has 1 aromatic heterocycles. The van der Waals surface area contributed by atoms with Crippen LogP contribution in [0.2, 0.25) is 0 Å². The van der Waals surface area contributed by atoms with Crippen LogP contribution in [-0.4, -0.2) is 36.1 Å². The van der Waals surface area contributed by atoms with Crippen LogP contribution in [0.3, 0.4) is 0 Å². The van der Waals surface area contributed by atoms with Crippen molar-refractivity contribution in [1.29, 1.82) is 0 Å². The zero-order chi connectivity index (χ0) is 15.2. The summed E-state index contributed by atoms with van der Waals surface area (Å²) in [5, 5.41) is 14.6. The molecule has 6 heteroatoms. The molecule has 2 rings (SSSR count). The first-order chi connectivity index (χ1) is 10.1. The van der Waals surface area contributed by atoms with Crippen LogP contribution in [-0.2, 0) is 0 Å². The van der Waals surface area contributed by atoms with E-state index in [1.165, 1.54) is 0 Å². The summed E-state index contributed by atoms with van der Waals surface area (Å²) in [5.41, 5.74) is 0.935. The molecule has 0 atom stereocenters. The van der Waals surface area contributed by atoms with Crippen molar-refractivity contribution in [2.75, 3.05) is 31.1 Å². The number of piperidine rings is 1. The van der Waals surface area contributed by atoms with E-state index < -0.39 is 0 Å². The smallest absolute Gasteiger partial charge is 0.311 e. The van der Waals surface area contributed by atoms with Gasteiger partial charge >= 0.3 is 5.69 Å². The Morgan fingerprint density at radius 2 is 2.14 bits per heavy atom. The first-order valence-corrected chi connectivity index (χ1v) is 7.69. The minimum absolute atomic E-state index is 0.114. The highest BCUT2D eigenvalue weighted by Crippen LogP contribution is 2.28. The Bertz CT molecular complexity index is 487. The Morgan fingerprint density at radius 1 is 1.43 bits per heavy atom. The molecule has 6 nitrogen and oxygen atoms in total. The molecule has 1 N–H and O–H groups in total. The fraction of sp³-hybridized carbons (Fsp3) is 0.667. The van der Waals surface area contributed by atoms with E-state index in [0.29, 0.717) is 11.7 Å². The molecule has 0 amide bonds. The molecule has 0 spiro atoms. The fourth-order valence-electron chi connectivity index (χ4n) is 2.84. The van der Waals surface area contributed by atoms with Crippen LogP contribution in [0.25, 0.3) is 0 Å². The van der Waals surface area contributed by atoms with Crippen molar-refractivity contribution >= 4 is 11.5 Å². The normalized spacial score (nSPS) is 15.9. The minimum Gasteiger partial charge on any atom is -0.351 e. The number of anilines is 1. The highest BCUT2D eigenvalue weighted by Gasteiger charge is 2.24. The molecule has 0 aromatic carbocycles. The Balaban J connectivity index is 2.23. The summed E-state index contributed by atoms with van der Waals surface area (Å²) in [7, 11) is 0. The Kier molecular flexibility index (Phi) is 5.50. The molecule has 2 heterocycles. The maximum Gasteiger partial charge on any atom is 0.311 e. The Morgan fingerprint density at radius 3 is 2.76 bits per heavy atom. The van der Waals surface area contributed by atoms with E-state index in [1.807, 2.05) is 6.92 Å². The lowest BCUT2D eigenvalue weighted by Gasteiger charge is -2.30. The van der Waals surface area contributed by atoms with Gasteiger partial charge in [-0.15, -0.1) is 0 Å². The second kappa shape index (κ2) is 7.36. The average Bonchev–Trinajstić information content (AvgIpc) is 2.47. The number of aryl methyl sites for hydroxylation is 1. The average molecular weight is 292 g/mol. The predicted octanol–water partition coefficient (Wildman–Crippen LogP) is 2.51. The van der Waals surface area contributed by atoms with E-state index in [1.54, 1.807) is 12.1 Å². The highest BCUT2D eigenvalue weighted by atomic mass is 16.6. The quantitative estimate of drug-likeness (QED) is 0.644. The summed E-state index contributed by atoms with van der Waals surface area (Å²) in [6.45, 7) is 7.70. The highest BCUT2D eigenvalue weighted by molar-refractivity contribution is 5.58. The number of nitrogens with zero attached hydrogens (tertiary/aromatic N) is 3. The van der Waals surface area contributed by atoms with Crippen molar-refractivity contribution in [3.05, 3.63) is 27.9 Å². The number of rotatable bonds is 6. The van der Waals surface area contributed by atoms with Crippen molar-refractivity contribution in [3.8, 4) is 0 Å². The third kappa shape index (κ3) is 4.14. The lowest BCUT2D eigenvalue weighted by atomic mass is 9.97. The topological polar surface area (TPSA) is 71.3 Å². The van der Waals surface area contributed by atoms with Crippen molar-refractivity contribution < 1.29 is 4.92 Å². The van der Waals surface area contributed by atoms with Crippen LogP contribution in [0.5, 0.6) is 0 Å². The number of hydrogen-bond acceptors (Lipinski definition) is 5. The zero-order valence-corrected chi connectivity index (χ0v) is 12.8. The summed E-state index contributed by atoms with van der Waals surface area (Å²) in [6.07, 6.45) is 3.21. The molecular weight excluding hydrogens is 268 g/mol. The zero-order valence-electron chi connectivity index (χ0n) is 12.8. The van der Waals surface area contributed by atoms with Gasteiger partial charge in [0.2, 0.25) is 5.82 Å². The summed E-state index contributed by atoms with van der Waals surface area (Å²) < 4.78 is 0. The SMILES string of the molecule is CCCN(CC1CCNCC1)c1nc(C)ccc1[N+](=O)[O-]. The summed E-state index contributed by atoms with van der Waals surface area (Å²) in [6, 6.07) is 3.28.